The van der Waals surface area contributed by atoms with Gasteiger partial charge in [0.2, 0.25) is 0 Å². The van der Waals surface area contributed by atoms with Crippen LogP contribution in [0.4, 0.5) is 5.69 Å². The number of hydrogen-bond acceptors (Lipinski definition) is 4. The number of aryl methyl sites for hydroxylation is 1. The standard InChI is InChI=1S/C21H19NO3S/c1-2-14-8-10-15(11-9-14)18(23)13-22-17-12-19(26-20(17)21(24)25)16-6-4-3-5-7-16/h3-12,22H,2,13H2,1H3,(H,24,25). The summed E-state index contributed by atoms with van der Waals surface area (Å²) in [6.45, 7) is 2.11. The van der Waals surface area contributed by atoms with Gasteiger partial charge >= 0.3 is 5.97 Å². The largest absolute Gasteiger partial charge is 0.477 e. The quantitative estimate of drug-likeness (QED) is 0.580. The van der Waals surface area contributed by atoms with E-state index in [4.69, 9.17) is 0 Å². The number of nitrogens with one attached hydrogen (secondary N) is 1. The van der Waals surface area contributed by atoms with Gasteiger partial charge in [-0.15, -0.1) is 11.3 Å². The molecule has 2 N–H and O–H groups in total. The molecule has 4 nitrogen and oxygen atoms in total. The van der Waals surface area contributed by atoms with Crippen LogP contribution in [0.1, 0.15) is 32.5 Å². The van der Waals surface area contributed by atoms with Crippen molar-refractivity contribution in [2.45, 2.75) is 13.3 Å². The molecule has 0 atom stereocenters. The minimum atomic E-state index is -1.00. The maximum atomic E-state index is 12.4. The summed E-state index contributed by atoms with van der Waals surface area (Å²) in [5, 5.41) is 12.4. The second kappa shape index (κ2) is 7.97. The Morgan fingerprint density at radius 2 is 1.73 bits per heavy atom. The SMILES string of the molecule is CCc1ccc(C(=O)CNc2cc(-c3ccccc3)sc2C(=O)O)cc1. The number of carbonyl (C=O) groups is 2. The third kappa shape index (κ3) is 4.00. The number of anilines is 1. The van der Waals surface area contributed by atoms with Crippen LogP contribution in [-0.4, -0.2) is 23.4 Å². The molecule has 0 aliphatic carbocycles. The third-order valence-corrected chi connectivity index (χ3v) is 5.28. The van der Waals surface area contributed by atoms with E-state index >= 15 is 0 Å². The predicted octanol–water partition coefficient (Wildman–Crippen LogP) is 4.97. The molecule has 0 aliphatic rings. The number of ketones is 1. The fourth-order valence-corrected chi connectivity index (χ4v) is 3.61. The topological polar surface area (TPSA) is 66.4 Å². The van der Waals surface area contributed by atoms with Gasteiger partial charge in [-0.05, 0) is 23.6 Å². The summed E-state index contributed by atoms with van der Waals surface area (Å²) >= 11 is 1.20. The van der Waals surface area contributed by atoms with E-state index in [1.807, 2.05) is 54.6 Å². The van der Waals surface area contributed by atoms with Gasteiger partial charge in [0.05, 0.1) is 12.2 Å². The predicted molar refractivity (Wildman–Crippen MR) is 105 cm³/mol. The summed E-state index contributed by atoms with van der Waals surface area (Å²) in [4.78, 5) is 25.0. The number of carboxylic acid groups (broad SMARTS) is 1. The van der Waals surface area contributed by atoms with E-state index in [0.29, 0.717) is 11.3 Å². The summed E-state index contributed by atoms with van der Waals surface area (Å²) < 4.78 is 0. The molecule has 3 aromatic rings. The van der Waals surface area contributed by atoms with Gasteiger partial charge in [-0.2, -0.15) is 0 Å². The zero-order valence-corrected chi connectivity index (χ0v) is 15.2. The first-order chi connectivity index (χ1) is 12.6. The van der Waals surface area contributed by atoms with Gasteiger partial charge in [-0.1, -0.05) is 61.5 Å². The highest BCUT2D eigenvalue weighted by Gasteiger charge is 2.17. The van der Waals surface area contributed by atoms with Gasteiger partial charge in [0.25, 0.3) is 0 Å². The molecule has 5 heteroatoms. The molecule has 0 fully saturated rings. The van der Waals surface area contributed by atoms with Gasteiger partial charge in [0.15, 0.2) is 5.78 Å². The smallest absolute Gasteiger partial charge is 0.348 e. The highest BCUT2D eigenvalue weighted by molar-refractivity contribution is 7.18. The van der Waals surface area contributed by atoms with Crippen molar-refractivity contribution in [3.05, 3.63) is 76.7 Å². The van der Waals surface area contributed by atoms with Crippen LogP contribution < -0.4 is 5.32 Å². The highest BCUT2D eigenvalue weighted by Crippen LogP contribution is 2.34. The minimum Gasteiger partial charge on any atom is -0.477 e. The lowest BCUT2D eigenvalue weighted by Crippen LogP contribution is -2.15. The van der Waals surface area contributed by atoms with Crippen LogP contribution in [0.25, 0.3) is 10.4 Å². The number of benzene rings is 2. The Bertz CT molecular complexity index is 914. The van der Waals surface area contributed by atoms with Crippen LogP contribution in [-0.2, 0) is 6.42 Å². The maximum Gasteiger partial charge on any atom is 0.348 e. The summed E-state index contributed by atoms with van der Waals surface area (Å²) in [5.74, 6) is -1.07. The first kappa shape index (κ1) is 17.9. The summed E-state index contributed by atoms with van der Waals surface area (Å²) in [6, 6.07) is 18.9. The molecule has 0 radical (unpaired) electrons. The second-order valence-corrected chi connectivity index (χ2v) is 6.90. The number of rotatable bonds is 7. The van der Waals surface area contributed by atoms with Gasteiger partial charge < -0.3 is 10.4 Å². The van der Waals surface area contributed by atoms with Crippen LogP contribution in [0.3, 0.4) is 0 Å². The molecular formula is C21H19NO3S. The van der Waals surface area contributed by atoms with E-state index in [1.54, 1.807) is 6.07 Å². The minimum absolute atomic E-state index is 0.0523. The zero-order chi connectivity index (χ0) is 18.5. The van der Waals surface area contributed by atoms with Crippen LogP contribution in [0.5, 0.6) is 0 Å². The average Bonchev–Trinajstić information content (AvgIpc) is 3.11. The zero-order valence-electron chi connectivity index (χ0n) is 14.4. The molecule has 26 heavy (non-hydrogen) atoms. The lowest BCUT2D eigenvalue weighted by Gasteiger charge is -2.06. The number of Topliss-reactive ketones (excluding diaryl/α,β-unsaturated/α-hetero) is 1. The van der Waals surface area contributed by atoms with Crippen LogP contribution >= 0.6 is 11.3 Å². The molecule has 0 bridgehead atoms. The molecule has 1 heterocycles. The van der Waals surface area contributed by atoms with Crippen LogP contribution in [0.2, 0.25) is 0 Å². The first-order valence-electron chi connectivity index (χ1n) is 8.37. The molecule has 132 valence electrons. The Morgan fingerprint density at radius 1 is 1.04 bits per heavy atom. The van der Waals surface area contributed by atoms with Crippen LogP contribution in [0, 0.1) is 0 Å². The van der Waals surface area contributed by atoms with Crippen molar-refractivity contribution in [2.75, 3.05) is 11.9 Å². The maximum absolute atomic E-state index is 12.4. The Hall–Kier alpha value is -2.92. The lowest BCUT2D eigenvalue weighted by molar-refractivity contribution is 0.0702. The molecule has 0 aliphatic heterocycles. The molecule has 2 aromatic carbocycles. The molecular weight excluding hydrogens is 346 g/mol. The average molecular weight is 365 g/mol. The van der Waals surface area contributed by atoms with Gasteiger partial charge in [0.1, 0.15) is 4.88 Å². The van der Waals surface area contributed by atoms with Crippen LogP contribution in [0.15, 0.2) is 60.7 Å². The fraction of sp³-hybridized carbons (Fsp3) is 0.143. The van der Waals surface area contributed by atoms with E-state index in [1.165, 1.54) is 16.9 Å². The van der Waals surface area contributed by atoms with Crippen molar-refractivity contribution >= 4 is 28.8 Å². The normalized spacial score (nSPS) is 10.5. The molecule has 0 saturated carbocycles. The fourth-order valence-electron chi connectivity index (χ4n) is 2.63. The van der Waals surface area contributed by atoms with E-state index in [-0.39, 0.29) is 17.2 Å². The highest BCUT2D eigenvalue weighted by atomic mass is 32.1. The molecule has 0 spiro atoms. The molecule has 0 amide bonds. The van der Waals surface area contributed by atoms with Crippen molar-refractivity contribution < 1.29 is 14.7 Å². The number of hydrogen-bond donors (Lipinski definition) is 2. The summed E-state index contributed by atoms with van der Waals surface area (Å²) in [6.07, 6.45) is 0.922. The number of thiophene rings is 1. The van der Waals surface area contributed by atoms with Crippen molar-refractivity contribution in [3.63, 3.8) is 0 Å². The molecule has 3 rings (SSSR count). The summed E-state index contributed by atoms with van der Waals surface area (Å²) in [5.41, 5.74) is 3.22. The van der Waals surface area contributed by atoms with Crippen molar-refractivity contribution in [3.8, 4) is 10.4 Å². The molecule has 1 aromatic heterocycles. The van der Waals surface area contributed by atoms with E-state index in [0.717, 1.165) is 16.9 Å². The Kier molecular flexibility index (Phi) is 5.49. The molecule has 0 unspecified atom stereocenters. The van der Waals surface area contributed by atoms with Gasteiger partial charge in [0, 0.05) is 10.4 Å². The van der Waals surface area contributed by atoms with Gasteiger partial charge in [-0.3, -0.25) is 4.79 Å². The number of carboxylic acids is 1. The van der Waals surface area contributed by atoms with Gasteiger partial charge in [-0.25, -0.2) is 4.79 Å². The Morgan fingerprint density at radius 3 is 2.35 bits per heavy atom. The van der Waals surface area contributed by atoms with Crippen molar-refractivity contribution in [1.29, 1.82) is 0 Å². The Labute approximate surface area is 156 Å². The van der Waals surface area contributed by atoms with E-state index in [9.17, 15) is 14.7 Å². The number of carbonyl (C=O) groups excluding carboxylic acids is 1. The van der Waals surface area contributed by atoms with Crippen molar-refractivity contribution in [2.24, 2.45) is 0 Å². The van der Waals surface area contributed by atoms with E-state index < -0.39 is 5.97 Å². The summed E-state index contributed by atoms with van der Waals surface area (Å²) in [7, 11) is 0. The number of aromatic carboxylic acids is 1. The van der Waals surface area contributed by atoms with Crippen molar-refractivity contribution in [1.82, 2.24) is 0 Å². The first-order valence-corrected chi connectivity index (χ1v) is 9.18. The lowest BCUT2D eigenvalue weighted by atomic mass is 10.1. The molecule has 0 saturated heterocycles. The third-order valence-electron chi connectivity index (χ3n) is 4.11. The van der Waals surface area contributed by atoms with E-state index in [2.05, 4.69) is 12.2 Å². The second-order valence-electron chi connectivity index (χ2n) is 5.85. The Balaban J connectivity index is 1.77. The monoisotopic (exact) mass is 365 g/mol.